The molecule has 2 saturated heterocycles. The zero-order valence-electron chi connectivity index (χ0n) is 27.4. The molecule has 14 heteroatoms. The lowest BCUT2D eigenvalue weighted by Crippen LogP contribution is -2.46. The smallest absolute Gasteiger partial charge is 0.319 e. The zero-order chi connectivity index (χ0) is 34.2. The van der Waals surface area contributed by atoms with Crippen molar-refractivity contribution in [2.45, 2.75) is 24.7 Å². The molecule has 2 aliphatic rings. The first-order valence-electron chi connectivity index (χ1n) is 16.0. The minimum atomic E-state index is -1.10. The third-order valence-electron chi connectivity index (χ3n) is 8.51. The van der Waals surface area contributed by atoms with Crippen molar-refractivity contribution in [2.75, 3.05) is 75.3 Å². The number of benzene rings is 3. The second-order valence-corrected chi connectivity index (χ2v) is 12.6. The van der Waals surface area contributed by atoms with Crippen molar-refractivity contribution in [3.8, 4) is 5.75 Å². The molecule has 1 aromatic heterocycles. The molecule has 6 rings (SSSR count). The number of hydrogen-bond acceptors (Lipinski definition) is 9. The number of aromatic nitrogens is 2. The number of imidazole rings is 1. The van der Waals surface area contributed by atoms with Crippen LogP contribution in [0.3, 0.4) is 0 Å². The fraction of sp³-hybridized carbons (Fsp3) is 0.371. The van der Waals surface area contributed by atoms with Crippen LogP contribution in [0.15, 0.2) is 85.5 Å². The number of anilines is 3. The summed E-state index contributed by atoms with van der Waals surface area (Å²) in [5.41, 5.74) is 3.66. The van der Waals surface area contributed by atoms with Crippen molar-refractivity contribution in [2.24, 2.45) is 0 Å². The Morgan fingerprint density at radius 3 is 2.27 bits per heavy atom. The van der Waals surface area contributed by atoms with E-state index in [2.05, 4.69) is 37.6 Å². The number of nitrogens with zero attached hydrogens (tertiary/aromatic N) is 4. The third kappa shape index (κ3) is 8.77. The minimum absolute atomic E-state index is 0.248. The SMILES string of the molecule is COC(CNC(=O)Nc1ccc(N2CCN(c3ccc(OC[C@@H]4CO[C@@](Cn5ccnc5)(c5ccc(Cl)cc5Cl)O4)cc3)CC2)cc1)OC. The second-order valence-electron chi connectivity index (χ2n) is 11.7. The maximum absolute atomic E-state index is 12.2. The van der Waals surface area contributed by atoms with Crippen molar-refractivity contribution < 1.29 is 28.5 Å². The predicted molar refractivity (Wildman–Crippen MR) is 189 cm³/mol. The van der Waals surface area contributed by atoms with Gasteiger partial charge in [-0.3, -0.25) is 0 Å². The summed E-state index contributed by atoms with van der Waals surface area (Å²) in [6.45, 7) is 4.78. The summed E-state index contributed by atoms with van der Waals surface area (Å²) in [6, 6.07) is 21.0. The molecule has 2 N–H and O–H groups in total. The van der Waals surface area contributed by atoms with Crippen LogP contribution in [0.25, 0.3) is 0 Å². The van der Waals surface area contributed by atoms with Gasteiger partial charge < -0.3 is 48.7 Å². The Hall–Kier alpha value is -4.04. The summed E-state index contributed by atoms with van der Waals surface area (Å²) in [7, 11) is 3.05. The third-order valence-corrected chi connectivity index (χ3v) is 9.06. The van der Waals surface area contributed by atoms with Gasteiger partial charge in [-0.15, -0.1) is 0 Å². The van der Waals surface area contributed by atoms with Gasteiger partial charge in [-0.25, -0.2) is 9.78 Å². The van der Waals surface area contributed by atoms with E-state index in [1.54, 1.807) is 24.7 Å². The number of ether oxygens (including phenoxy) is 5. The molecule has 0 spiro atoms. The van der Waals surface area contributed by atoms with Crippen LogP contribution >= 0.6 is 23.2 Å². The average molecular weight is 712 g/mol. The summed E-state index contributed by atoms with van der Waals surface area (Å²) in [4.78, 5) is 21.0. The lowest BCUT2D eigenvalue weighted by atomic mass is 10.1. The normalized spacial score (nSPS) is 19.3. The largest absolute Gasteiger partial charge is 0.491 e. The van der Waals surface area contributed by atoms with Crippen molar-refractivity contribution in [1.82, 2.24) is 14.9 Å². The predicted octanol–water partition coefficient (Wildman–Crippen LogP) is 5.60. The maximum Gasteiger partial charge on any atom is 0.319 e. The van der Waals surface area contributed by atoms with E-state index in [0.29, 0.717) is 41.1 Å². The lowest BCUT2D eigenvalue weighted by molar-refractivity contribution is -0.189. The number of urea groups is 1. The Morgan fingerprint density at radius 1 is 0.980 bits per heavy atom. The van der Waals surface area contributed by atoms with Gasteiger partial charge in [0.05, 0.1) is 31.0 Å². The van der Waals surface area contributed by atoms with E-state index in [4.69, 9.17) is 46.9 Å². The minimum Gasteiger partial charge on any atom is -0.491 e. The number of carbonyl (C=O) groups is 1. The van der Waals surface area contributed by atoms with E-state index in [9.17, 15) is 4.79 Å². The van der Waals surface area contributed by atoms with Gasteiger partial charge in [-0.05, 0) is 60.7 Å². The number of hydrogen-bond donors (Lipinski definition) is 2. The maximum atomic E-state index is 12.2. The highest BCUT2D eigenvalue weighted by Gasteiger charge is 2.45. The molecule has 3 aromatic carbocycles. The average Bonchev–Trinajstić information content (AvgIpc) is 3.79. The fourth-order valence-electron chi connectivity index (χ4n) is 5.91. The van der Waals surface area contributed by atoms with Gasteiger partial charge >= 0.3 is 6.03 Å². The first-order valence-corrected chi connectivity index (χ1v) is 16.8. The van der Waals surface area contributed by atoms with E-state index in [0.717, 1.165) is 43.3 Å². The van der Waals surface area contributed by atoms with Gasteiger partial charge in [0.15, 0.2) is 6.29 Å². The molecule has 2 amide bonds. The number of amides is 2. The monoisotopic (exact) mass is 710 g/mol. The van der Waals surface area contributed by atoms with Gasteiger partial charge in [0, 0.05) is 80.4 Å². The van der Waals surface area contributed by atoms with Gasteiger partial charge in [-0.2, -0.15) is 0 Å². The highest BCUT2D eigenvalue weighted by atomic mass is 35.5. The van der Waals surface area contributed by atoms with Crippen molar-refractivity contribution in [1.29, 1.82) is 0 Å². The molecule has 4 aromatic rings. The van der Waals surface area contributed by atoms with Crippen LogP contribution in [0.5, 0.6) is 5.75 Å². The number of methoxy groups -OCH3 is 2. The van der Waals surface area contributed by atoms with Gasteiger partial charge in [0.1, 0.15) is 18.5 Å². The van der Waals surface area contributed by atoms with E-state index >= 15 is 0 Å². The molecule has 2 fully saturated rings. The highest BCUT2D eigenvalue weighted by molar-refractivity contribution is 6.35. The lowest BCUT2D eigenvalue weighted by Gasteiger charge is -2.37. The summed E-state index contributed by atoms with van der Waals surface area (Å²) in [6.07, 6.45) is 4.48. The van der Waals surface area contributed by atoms with Crippen LogP contribution < -0.4 is 25.2 Å². The van der Waals surface area contributed by atoms with Gasteiger partial charge in [0.25, 0.3) is 0 Å². The highest BCUT2D eigenvalue weighted by Crippen LogP contribution is 2.40. The number of rotatable bonds is 13. The Morgan fingerprint density at radius 2 is 1.65 bits per heavy atom. The summed E-state index contributed by atoms with van der Waals surface area (Å²) >= 11 is 12.8. The van der Waals surface area contributed by atoms with E-state index < -0.39 is 12.1 Å². The number of carbonyl (C=O) groups excluding carboxylic acids is 1. The standard InChI is InChI=1S/C35H40Cl2N6O6/c1-45-33(46-2)20-39-34(44)40-26-4-6-27(7-5-26)42-15-17-43(18-16-42)28-8-10-29(11-9-28)47-21-30-22-48-35(49-30,23-41-14-13-38-24-41)31-12-3-25(36)19-32(31)37/h3-14,19,24,30,33H,15-18,20-23H2,1-2H3,(H2,39,40,44)/t30-,35-/m1/s1. The molecule has 260 valence electrons. The van der Waals surface area contributed by atoms with Crippen LogP contribution in [0.4, 0.5) is 21.9 Å². The molecule has 0 unspecified atom stereocenters. The molecule has 0 saturated carbocycles. The molecule has 2 aliphatic heterocycles. The summed E-state index contributed by atoms with van der Waals surface area (Å²) in [5.74, 6) is -0.348. The Bertz CT molecular complexity index is 1650. The first-order chi connectivity index (χ1) is 23.8. The van der Waals surface area contributed by atoms with Gasteiger partial charge in [0.2, 0.25) is 5.79 Å². The molecule has 12 nitrogen and oxygen atoms in total. The number of piperazine rings is 1. The van der Waals surface area contributed by atoms with Gasteiger partial charge in [-0.1, -0.05) is 29.3 Å². The number of halogens is 2. The Labute approximate surface area is 295 Å². The molecule has 2 atom stereocenters. The molecule has 49 heavy (non-hydrogen) atoms. The van der Waals surface area contributed by atoms with Crippen LogP contribution in [0.1, 0.15) is 5.56 Å². The second kappa shape index (κ2) is 16.1. The summed E-state index contributed by atoms with van der Waals surface area (Å²) < 4.78 is 31.0. The van der Waals surface area contributed by atoms with Crippen molar-refractivity contribution >= 4 is 46.3 Å². The number of nitrogens with one attached hydrogen (secondary N) is 2. The first kappa shape index (κ1) is 34.8. The van der Waals surface area contributed by atoms with Crippen LogP contribution in [-0.2, 0) is 31.3 Å². The van der Waals surface area contributed by atoms with Crippen LogP contribution in [0, 0.1) is 0 Å². The molecule has 0 bridgehead atoms. The molecule has 0 radical (unpaired) electrons. The van der Waals surface area contributed by atoms with Crippen LogP contribution in [-0.4, -0.2) is 88.1 Å². The van der Waals surface area contributed by atoms with Crippen molar-refractivity contribution in [3.05, 3.63) is 101 Å². The van der Waals surface area contributed by atoms with E-state index in [-0.39, 0.29) is 18.7 Å². The molecule has 0 aliphatic carbocycles. The quantitative estimate of drug-likeness (QED) is 0.171. The summed E-state index contributed by atoms with van der Waals surface area (Å²) in [5, 5.41) is 6.57. The molecular weight excluding hydrogens is 671 g/mol. The van der Waals surface area contributed by atoms with Crippen molar-refractivity contribution in [3.63, 3.8) is 0 Å². The zero-order valence-corrected chi connectivity index (χ0v) is 28.9. The van der Waals surface area contributed by atoms with Crippen LogP contribution in [0.2, 0.25) is 10.0 Å². The topological polar surface area (TPSA) is 112 Å². The molecule has 3 heterocycles. The molecular formula is C35H40Cl2N6O6. The Balaban J connectivity index is 0.974. The van der Waals surface area contributed by atoms with E-state index in [1.165, 1.54) is 14.2 Å². The Kier molecular flexibility index (Phi) is 11.4. The van der Waals surface area contributed by atoms with E-state index in [1.807, 2.05) is 53.2 Å². The fourth-order valence-corrected chi connectivity index (χ4v) is 6.46.